The van der Waals surface area contributed by atoms with E-state index in [-0.39, 0.29) is 23.3 Å². The van der Waals surface area contributed by atoms with Gasteiger partial charge in [-0.2, -0.15) is 0 Å². The molecule has 5 heteroatoms. The van der Waals surface area contributed by atoms with Crippen molar-refractivity contribution in [3.8, 4) is 33.8 Å². The summed E-state index contributed by atoms with van der Waals surface area (Å²) in [5, 5.41) is 21.7. The minimum atomic E-state index is -0.264. The van der Waals surface area contributed by atoms with Crippen molar-refractivity contribution in [2.75, 3.05) is 6.54 Å². The first-order chi connectivity index (χ1) is 23.0. The lowest BCUT2D eigenvalue weighted by molar-refractivity contribution is 0.0652. The van der Waals surface area contributed by atoms with Crippen LogP contribution in [0.2, 0.25) is 0 Å². The van der Waals surface area contributed by atoms with Crippen molar-refractivity contribution in [3.63, 3.8) is 0 Å². The van der Waals surface area contributed by atoms with Gasteiger partial charge in [-0.25, -0.2) is 0 Å². The molecule has 0 spiro atoms. The summed E-state index contributed by atoms with van der Waals surface area (Å²) in [5.41, 5.74) is 3.81. The summed E-state index contributed by atoms with van der Waals surface area (Å²) in [6.07, 6.45) is 20.3. The average Bonchev–Trinajstić information content (AvgIpc) is 3.32. The van der Waals surface area contributed by atoms with Crippen LogP contribution >= 0.6 is 0 Å². The quantitative estimate of drug-likeness (QED) is 0.0795. The Labute approximate surface area is 280 Å². The smallest absolute Gasteiger partial charge is 0.262 e. The highest BCUT2D eigenvalue weighted by atomic mass is 16.3. The number of aromatic hydroxyl groups is 2. The van der Waals surface area contributed by atoms with E-state index in [1.807, 2.05) is 24.3 Å². The van der Waals surface area contributed by atoms with Crippen LogP contribution in [0, 0.1) is 0 Å². The number of imide groups is 1. The number of carbonyl (C=O) groups is 2. The third kappa shape index (κ3) is 8.43. The fourth-order valence-corrected chi connectivity index (χ4v) is 7.11. The molecule has 4 aromatic rings. The third-order valence-corrected chi connectivity index (χ3v) is 9.68. The molecule has 5 nitrogen and oxygen atoms in total. The van der Waals surface area contributed by atoms with Crippen molar-refractivity contribution in [1.82, 2.24) is 4.90 Å². The van der Waals surface area contributed by atoms with Gasteiger partial charge in [-0.3, -0.25) is 14.5 Å². The Bertz CT molecular complexity index is 1520. The summed E-state index contributed by atoms with van der Waals surface area (Å²) in [4.78, 5) is 29.7. The molecule has 5 rings (SSSR count). The van der Waals surface area contributed by atoms with Crippen LogP contribution in [0.3, 0.4) is 0 Å². The van der Waals surface area contributed by atoms with Gasteiger partial charge in [0.15, 0.2) is 0 Å². The van der Waals surface area contributed by atoms with Gasteiger partial charge in [0, 0.05) is 17.7 Å². The number of carbonyl (C=O) groups excluding carboxylic acids is 2. The predicted octanol–water partition coefficient (Wildman–Crippen LogP) is 11.4. The maximum absolute atomic E-state index is 14.2. The van der Waals surface area contributed by atoms with Crippen LogP contribution in [0.1, 0.15) is 130 Å². The van der Waals surface area contributed by atoms with Gasteiger partial charge in [0.1, 0.15) is 11.5 Å². The Balaban J connectivity index is 1.21. The largest absolute Gasteiger partial charge is 0.508 e. The number of hydrogen-bond acceptors (Lipinski definition) is 4. The third-order valence-electron chi connectivity index (χ3n) is 9.68. The molecule has 0 aromatic heterocycles. The first-order valence-corrected chi connectivity index (χ1v) is 18.0. The van der Waals surface area contributed by atoms with Crippen LogP contribution in [0.4, 0.5) is 0 Å². The summed E-state index contributed by atoms with van der Waals surface area (Å²) in [7, 11) is 0. The van der Waals surface area contributed by atoms with Gasteiger partial charge in [-0.1, -0.05) is 152 Å². The van der Waals surface area contributed by atoms with Crippen LogP contribution in [-0.4, -0.2) is 33.5 Å². The number of phenolic OH excluding ortho intramolecular Hbond substituents is 2. The van der Waals surface area contributed by atoms with Gasteiger partial charge in [-0.15, -0.1) is 0 Å². The number of rotatable bonds is 19. The summed E-state index contributed by atoms with van der Waals surface area (Å²) in [6.45, 7) is 2.66. The van der Waals surface area contributed by atoms with Crippen LogP contribution < -0.4 is 0 Å². The van der Waals surface area contributed by atoms with Gasteiger partial charge in [0.05, 0.1) is 11.1 Å². The van der Waals surface area contributed by atoms with Crippen LogP contribution in [0.15, 0.2) is 72.8 Å². The van der Waals surface area contributed by atoms with Crippen molar-refractivity contribution in [2.24, 2.45) is 0 Å². The Morgan fingerprint density at radius 2 is 0.787 bits per heavy atom. The average molecular weight is 634 g/mol. The Morgan fingerprint density at radius 3 is 1.15 bits per heavy atom. The second-order valence-electron chi connectivity index (χ2n) is 13.2. The molecule has 1 aliphatic rings. The normalized spacial score (nSPS) is 12.7. The van der Waals surface area contributed by atoms with E-state index in [0.29, 0.717) is 28.8 Å². The monoisotopic (exact) mass is 633 g/mol. The summed E-state index contributed by atoms with van der Waals surface area (Å²) in [5.74, 6) is -0.245. The molecule has 1 aliphatic heterocycles. The summed E-state index contributed by atoms with van der Waals surface area (Å²) >= 11 is 0. The minimum absolute atomic E-state index is 0.142. The van der Waals surface area contributed by atoms with Crippen molar-refractivity contribution >= 4 is 22.6 Å². The van der Waals surface area contributed by atoms with Gasteiger partial charge >= 0.3 is 0 Å². The van der Waals surface area contributed by atoms with E-state index in [4.69, 9.17) is 0 Å². The van der Waals surface area contributed by atoms with E-state index in [1.165, 1.54) is 88.4 Å². The maximum Gasteiger partial charge on any atom is 0.262 e. The van der Waals surface area contributed by atoms with Crippen molar-refractivity contribution < 1.29 is 19.8 Å². The Hall–Kier alpha value is -4.12. The van der Waals surface area contributed by atoms with E-state index < -0.39 is 0 Å². The SMILES string of the molecule is CCCCCCCCCCCCCCCCCCN1C(=O)c2c(c(-c3ccc(O)cc3)c3ccccc3c2-c2ccc(O)cc2)C1=O. The second kappa shape index (κ2) is 17.2. The minimum Gasteiger partial charge on any atom is -0.508 e. The van der Waals surface area contributed by atoms with Crippen molar-refractivity contribution in [1.29, 1.82) is 0 Å². The number of amides is 2. The highest BCUT2D eigenvalue weighted by Gasteiger charge is 2.41. The molecular formula is C42H51NO4. The molecule has 0 radical (unpaired) electrons. The van der Waals surface area contributed by atoms with Gasteiger partial charge in [0.25, 0.3) is 11.8 Å². The molecular weight excluding hydrogens is 582 g/mol. The summed E-state index contributed by atoms with van der Waals surface area (Å²) in [6, 6.07) is 21.5. The molecule has 0 saturated carbocycles. The molecule has 0 fully saturated rings. The van der Waals surface area contributed by atoms with Gasteiger partial charge < -0.3 is 10.2 Å². The van der Waals surface area contributed by atoms with E-state index in [0.717, 1.165) is 41.2 Å². The zero-order valence-electron chi connectivity index (χ0n) is 28.1. The molecule has 248 valence electrons. The maximum atomic E-state index is 14.2. The fourth-order valence-electron chi connectivity index (χ4n) is 7.11. The van der Waals surface area contributed by atoms with E-state index in [1.54, 1.807) is 48.5 Å². The second-order valence-corrected chi connectivity index (χ2v) is 13.2. The number of hydrogen-bond donors (Lipinski definition) is 2. The number of nitrogens with zero attached hydrogens (tertiary/aromatic N) is 1. The first-order valence-electron chi connectivity index (χ1n) is 18.0. The topological polar surface area (TPSA) is 77.8 Å². The van der Waals surface area contributed by atoms with Gasteiger partial charge in [0.2, 0.25) is 0 Å². The fraction of sp³-hybridized carbons (Fsp3) is 0.429. The number of phenols is 2. The lowest BCUT2D eigenvalue weighted by Crippen LogP contribution is -2.30. The Morgan fingerprint density at radius 1 is 0.447 bits per heavy atom. The number of unbranched alkanes of at least 4 members (excludes halogenated alkanes) is 15. The number of benzene rings is 4. The van der Waals surface area contributed by atoms with Crippen LogP contribution in [-0.2, 0) is 0 Å². The molecule has 1 heterocycles. The zero-order valence-corrected chi connectivity index (χ0v) is 28.1. The van der Waals surface area contributed by atoms with Gasteiger partial charge in [-0.05, 0) is 52.6 Å². The number of fused-ring (bicyclic) bond motifs is 2. The molecule has 0 atom stereocenters. The van der Waals surface area contributed by atoms with Crippen LogP contribution in [0.25, 0.3) is 33.0 Å². The van der Waals surface area contributed by atoms with Crippen molar-refractivity contribution in [3.05, 3.63) is 83.9 Å². The molecule has 0 bridgehead atoms. The first kappa shape index (κ1) is 34.2. The molecule has 0 unspecified atom stereocenters. The Kier molecular flexibility index (Phi) is 12.5. The summed E-state index contributed by atoms with van der Waals surface area (Å²) < 4.78 is 0. The molecule has 4 aromatic carbocycles. The van der Waals surface area contributed by atoms with Crippen LogP contribution in [0.5, 0.6) is 11.5 Å². The highest BCUT2D eigenvalue weighted by molar-refractivity contribution is 6.31. The molecule has 2 N–H and O–H groups in total. The molecule has 2 amide bonds. The predicted molar refractivity (Wildman–Crippen MR) is 193 cm³/mol. The van der Waals surface area contributed by atoms with Crippen molar-refractivity contribution in [2.45, 2.75) is 110 Å². The highest BCUT2D eigenvalue weighted by Crippen LogP contribution is 2.46. The molecule has 0 aliphatic carbocycles. The zero-order chi connectivity index (χ0) is 33.0. The molecule has 0 saturated heterocycles. The van der Waals surface area contributed by atoms with E-state index in [2.05, 4.69) is 6.92 Å². The van der Waals surface area contributed by atoms with E-state index in [9.17, 15) is 19.8 Å². The standard InChI is InChI=1S/C42H51NO4/c1-2-3-4-5-6-7-8-9-10-11-12-13-14-15-16-19-30-43-41(46)39-37(31-22-26-33(44)27-23-31)35-20-17-18-21-36(35)38(40(39)42(43)47)32-24-28-34(45)29-25-32/h17-18,20-29,44-45H,2-16,19,30H2,1H3. The lowest BCUT2D eigenvalue weighted by Gasteiger charge is -2.17. The van der Waals surface area contributed by atoms with E-state index >= 15 is 0 Å². The lowest BCUT2D eigenvalue weighted by atomic mass is 9.84. The molecule has 47 heavy (non-hydrogen) atoms.